The van der Waals surface area contributed by atoms with Crippen molar-refractivity contribution >= 4 is 22.8 Å². The van der Waals surface area contributed by atoms with Crippen LogP contribution in [0.5, 0.6) is 0 Å². The van der Waals surface area contributed by atoms with E-state index in [0.717, 1.165) is 25.1 Å². The molecule has 2 fully saturated rings. The molecule has 0 aromatic heterocycles. The summed E-state index contributed by atoms with van der Waals surface area (Å²) < 4.78 is 0. The van der Waals surface area contributed by atoms with Crippen molar-refractivity contribution in [3.05, 3.63) is 0 Å². The predicted molar refractivity (Wildman–Crippen MR) is 47.2 cm³/mol. The van der Waals surface area contributed by atoms with Crippen LogP contribution >= 0.6 is 11.8 Å². The van der Waals surface area contributed by atoms with Crippen LogP contribution in [0.3, 0.4) is 0 Å². The van der Waals surface area contributed by atoms with Gasteiger partial charge >= 0.3 is 0 Å². The molecule has 0 N–H and O–H groups in total. The molecule has 0 aromatic rings. The van der Waals surface area contributed by atoms with Crippen molar-refractivity contribution in [1.82, 2.24) is 4.90 Å². The van der Waals surface area contributed by atoms with E-state index in [4.69, 9.17) is 0 Å². The molecule has 4 heteroatoms. The van der Waals surface area contributed by atoms with Gasteiger partial charge in [-0.05, 0) is 12.8 Å². The first kappa shape index (κ1) is 8.10. The van der Waals surface area contributed by atoms with Gasteiger partial charge in [-0.15, -0.1) is 0 Å². The lowest BCUT2D eigenvalue weighted by Gasteiger charge is -2.12. The van der Waals surface area contributed by atoms with E-state index in [1.807, 2.05) is 0 Å². The minimum atomic E-state index is 0.0731. The fraction of sp³-hybridized carbons (Fsp3) is 0.750. The summed E-state index contributed by atoms with van der Waals surface area (Å²) >= 11 is 1.31. The van der Waals surface area contributed by atoms with Crippen molar-refractivity contribution in [3.63, 3.8) is 0 Å². The van der Waals surface area contributed by atoms with Crippen LogP contribution in [0.1, 0.15) is 12.8 Å². The Labute approximate surface area is 75.5 Å². The Hall–Kier alpha value is -0.510. The standard InChI is InChI=1S/C8H11NO2S/c10-7(6-1-2-6)5-9-3-4-12-8(9)11/h6H,1-5H2. The predicted octanol–water partition coefficient (Wildman–Crippen LogP) is 1.13. The van der Waals surface area contributed by atoms with Gasteiger partial charge in [-0.25, -0.2) is 0 Å². The minimum absolute atomic E-state index is 0.0731. The molecule has 0 spiro atoms. The van der Waals surface area contributed by atoms with E-state index in [0.29, 0.717) is 6.54 Å². The van der Waals surface area contributed by atoms with E-state index in [9.17, 15) is 9.59 Å². The lowest BCUT2D eigenvalue weighted by Crippen LogP contribution is -2.30. The highest BCUT2D eigenvalue weighted by Gasteiger charge is 2.32. The number of hydrogen-bond acceptors (Lipinski definition) is 3. The zero-order valence-electron chi connectivity index (χ0n) is 6.78. The summed E-state index contributed by atoms with van der Waals surface area (Å²) in [6, 6.07) is 0. The lowest BCUT2D eigenvalue weighted by atomic mass is 10.2. The van der Waals surface area contributed by atoms with Gasteiger partial charge in [0, 0.05) is 18.2 Å². The quantitative estimate of drug-likeness (QED) is 0.661. The van der Waals surface area contributed by atoms with Crippen LogP contribution in [-0.2, 0) is 4.79 Å². The van der Waals surface area contributed by atoms with Gasteiger partial charge in [0.05, 0.1) is 6.54 Å². The summed E-state index contributed by atoms with van der Waals surface area (Å²) in [6.45, 7) is 1.11. The summed E-state index contributed by atoms with van der Waals surface area (Å²) in [7, 11) is 0. The van der Waals surface area contributed by atoms with E-state index in [1.165, 1.54) is 11.8 Å². The van der Waals surface area contributed by atoms with Crippen LogP contribution in [0, 0.1) is 5.92 Å². The van der Waals surface area contributed by atoms with Gasteiger partial charge in [0.15, 0.2) is 5.78 Å². The maximum Gasteiger partial charge on any atom is 0.282 e. The van der Waals surface area contributed by atoms with Crippen LogP contribution < -0.4 is 0 Å². The Balaban J connectivity index is 1.84. The fourth-order valence-corrected chi connectivity index (χ4v) is 2.12. The van der Waals surface area contributed by atoms with Crippen LogP contribution in [-0.4, -0.2) is 34.8 Å². The van der Waals surface area contributed by atoms with E-state index in [2.05, 4.69) is 0 Å². The first-order valence-corrected chi connectivity index (χ1v) is 5.20. The van der Waals surface area contributed by atoms with Crippen LogP contribution in [0.25, 0.3) is 0 Å². The molecule has 1 aliphatic carbocycles. The Morgan fingerprint density at radius 2 is 2.33 bits per heavy atom. The van der Waals surface area contributed by atoms with Gasteiger partial charge in [0.25, 0.3) is 5.24 Å². The Morgan fingerprint density at radius 3 is 2.83 bits per heavy atom. The second kappa shape index (κ2) is 3.09. The van der Waals surface area contributed by atoms with Crippen LogP contribution in [0.15, 0.2) is 0 Å². The topological polar surface area (TPSA) is 37.4 Å². The second-order valence-electron chi connectivity index (χ2n) is 3.28. The van der Waals surface area contributed by atoms with E-state index in [-0.39, 0.29) is 16.9 Å². The number of thioether (sulfide) groups is 1. The minimum Gasteiger partial charge on any atom is -0.325 e. The van der Waals surface area contributed by atoms with E-state index >= 15 is 0 Å². The molecule has 0 atom stereocenters. The van der Waals surface area contributed by atoms with Gasteiger partial charge < -0.3 is 4.90 Å². The normalized spacial score (nSPS) is 23.3. The molecular formula is C8H11NO2S. The van der Waals surface area contributed by atoms with Crippen molar-refractivity contribution in [3.8, 4) is 0 Å². The molecule has 12 heavy (non-hydrogen) atoms. The third-order valence-corrected chi connectivity index (χ3v) is 3.12. The van der Waals surface area contributed by atoms with E-state index in [1.54, 1.807) is 4.90 Å². The zero-order chi connectivity index (χ0) is 8.55. The molecule has 0 unspecified atom stereocenters. The SMILES string of the molecule is O=C(CN1CCSC1=O)C1CC1. The number of Topliss-reactive ketones (excluding diaryl/α,β-unsaturated/α-hetero) is 1. The highest BCUT2D eigenvalue weighted by molar-refractivity contribution is 8.13. The van der Waals surface area contributed by atoms with E-state index < -0.39 is 0 Å². The van der Waals surface area contributed by atoms with Gasteiger partial charge in [-0.1, -0.05) is 11.8 Å². The molecule has 0 aromatic carbocycles. The summed E-state index contributed by atoms with van der Waals surface area (Å²) in [5.74, 6) is 1.38. The summed E-state index contributed by atoms with van der Waals surface area (Å²) in [5.41, 5.74) is 0. The number of ketones is 1. The highest BCUT2D eigenvalue weighted by atomic mass is 32.2. The number of rotatable bonds is 3. The Kier molecular flexibility index (Phi) is 2.09. The monoisotopic (exact) mass is 185 g/mol. The number of carbonyl (C=O) groups is 2. The summed E-state index contributed by atoms with van der Waals surface area (Å²) in [5, 5.41) is 0.0731. The van der Waals surface area contributed by atoms with Crippen molar-refractivity contribution in [2.45, 2.75) is 12.8 Å². The fourth-order valence-electron chi connectivity index (χ4n) is 1.29. The molecule has 1 aliphatic heterocycles. The Bertz CT molecular complexity index is 225. The molecule has 1 saturated carbocycles. The molecule has 1 heterocycles. The maximum atomic E-state index is 11.3. The summed E-state index contributed by atoms with van der Waals surface area (Å²) in [6.07, 6.45) is 2.07. The lowest BCUT2D eigenvalue weighted by molar-refractivity contribution is -0.120. The number of amides is 1. The first-order chi connectivity index (χ1) is 5.77. The van der Waals surface area contributed by atoms with Crippen molar-refractivity contribution in [2.24, 2.45) is 5.92 Å². The van der Waals surface area contributed by atoms with Gasteiger partial charge in [-0.2, -0.15) is 0 Å². The molecule has 2 rings (SSSR count). The van der Waals surface area contributed by atoms with Crippen LogP contribution in [0.4, 0.5) is 4.79 Å². The smallest absolute Gasteiger partial charge is 0.282 e. The maximum absolute atomic E-state index is 11.3. The Morgan fingerprint density at radius 1 is 1.58 bits per heavy atom. The highest BCUT2D eigenvalue weighted by Crippen LogP contribution is 2.30. The third kappa shape index (κ3) is 1.63. The second-order valence-corrected chi connectivity index (χ2v) is 4.32. The third-order valence-electron chi connectivity index (χ3n) is 2.22. The largest absolute Gasteiger partial charge is 0.325 e. The molecule has 0 radical (unpaired) electrons. The number of carbonyl (C=O) groups excluding carboxylic acids is 2. The van der Waals surface area contributed by atoms with Crippen molar-refractivity contribution in [1.29, 1.82) is 0 Å². The molecule has 2 aliphatic rings. The molecule has 66 valence electrons. The average molecular weight is 185 g/mol. The van der Waals surface area contributed by atoms with Gasteiger partial charge in [0.2, 0.25) is 0 Å². The van der Waals surface area contributed by atoms with Crippen molar-refractivity contribution < 1.29 is 9.59 Å². The zero-order valence-corrected chi connectivity index (χ0v) is 7.60. The van der Waals surface area contributed by atoms with Crippen LogP contribution in [0.2, 0.25) is 0 Å². The number of nitrogens with zero attached hydrogens (tertiary/aromatic N) is 1. The molecule has 1 amide bonds. The molecule has 3 nitrogen and oxygen atoms in total. The first-order valence-electron chi connectivity index (χ1n) is 4.22. The summed E-state index contributed by atoms with van der Waals surface area (Å²) in [4.78, 5) is 24.1. The molecular weight excluding hydrogens is 174 g/mol. The van der Waals surface area contributed by atoms with Gasteiger partial charge in [-0.3, -0.25) is 9.59 Å². The van der Waals surface area contributed by atoms with Crippen molar-refractivity contribution in [2.75, 3.05) is 18.8 Å². The van der Waals surface area contributed by atoms with Gasteiger partial charge in [0.1, 0.15) is 0 Å². The molecule has 0 bridgehead atoms. The average Bonchev–Trinajstić information content (AvgIpc) is 2.80. The molecule has 1 saturated heterocycles. The number of hydrogen-bond donors (Lipinski definition) is 0.